The zero-order valence-electron chi connectivity index (χ0n) is 8.01. The van der Waals surface area contributed by atoms with Gasteiger partial charge < -0.3 is 0 Å². The van der Waals surface area contributed by atoms with E-state index in [0.29, 0.717) is 0 Å². The van der Waals surface area contributed by atoms with Crippen LogP contribution in [0.3, 0.4) is 0 Å². The standard InChI is InChI=1S/C13H9NS/c15-11-5-1-3-9-6-7-10-4-2-8-14-13(10)12(9)11/h1-8,15H. The first kappa shape index (κ1) is 8.74. The highest BCUT2D eigenvalue weighted by Crippen LogP contribution is 2.28. The zero-order valence-corrected chi connectivity index (χ0v) is 8.91. The molecule has 0 amide bonds. The van der Waals surface area contributed by atoms with Gasteiger partial charge in [-0.1, -0.05) is 30.3 Å². The lowest BCUT2D eigenvalue weighted by molar-refractivity contribution is 1.41. The summed E-state index contributed by atoms with van der Waals surface area (Å²) >= 11 is 4.49. The largest absolute Gasteiger partial charge is 0.256 e. The molecule has 3 rings (SSSR count). The number of pyridine rings is 1. The van der Waals surface area contributed by atoms with Crippen molar-refractivity contribution in [2.45, 2.75) is 4.90 Å². The van der Waals surface area contributed by atoms with E-state index in [4.69, 9.17) is 0 Å². The molecule has 0 N–H and O–H groups in total. The van der Waals surface area contributed by atoms with Gasteiger partial charge in [0.15, 0.2) is 0 Å². The van der Waals surface area contributed by atoms with Crippen LogP contribution in [0.2, 0.25) is 0 Å². The maximum atomic E-state index is 4.49. The number of nitrogens with zero attached hydrogens (tertiary/aromatic N) is 1. The van der Waals surface area contributed by atoms with E-state index in [1.807, 2.05) is 24.4 Å². The Morgan fingerprint density at radius 1 is 0.867 bits per heavy atom. The summed E-state index contributed by atoms with van der Waals surface area (Å²) in [6, 6.07) is 14.3. The number of benzene rings is 2. The van der Waals surface area contributed by atoms with Crippen LogP contribution >= 0.6 is 12.6 Å². The summed E-state index contributed by atoms with van der Waals surface area (Å²) in [4.78, 5) is 5.40. The van der Waals surface area contributed by atoms with E-state index in [2.05, 4.69) is 41.9 Å². The fraction of sp³-hybridized carbons (Fsp3) is 0. The van der Waals surface area contributed by atoms with Crippen LogP contribution in [0.15, 0.2) is 53.6 Å². The van der Waals surface area contributed by atoms with E-state index in [1.165, 1.54) is 5.39 Å². The second kappa shape index (κ2) is 3.24. The molecule has 0 saturated heterocycles. The van der Waals surface area contributed by atoms with E-state index in [0.717, 1.165) is 21.2 Å². The number of hydrogen-bond donors (Lipinski definition) is 1. The Labute approximate surface area is 93.2 Å². The van der Waals surface area contributed by atoms with Crippen molar-refractivity contribution in [3.8, 4) is 0 Å². The molecular formula is C13H9NS. The average molecular weight is 211 g/mol. The first-order valence-corrected chi connectivity index (χ1v) is 5.26. The molecule has 2 heteroatoms. The van der Waals surface area contributed by atoms with Gasteiger partial charge in [0.25, 0.3) is 0 Å². The molecule has 15 heavy (non-hydrogen) atoms. The maximum Gasteiger partial charge on any atom is 0.0791 e. The number of aromatic nitrogens is 1. The Balaban J connectivity index is 2.64. The third kappa shape index (κ3) is 1.29. The lowest BCUT2D eigenvalue weighted by Gasteiger charge is -2.04. The molecule has 0 radical (unpaired) electrons. The molecular weight excluding hydrogens is 202 g/mol. The highest BCUT2D eigenvalue weighted by molar-refractivity contribution is 7.80. The molecule has 72 valence electrons. The molecule has 0 fully saturated rings. The minimum absolute atomic E-state index is 0.983. The normalized spacial score (nSPS) is 11.0. The molecule has 0 aliphatic heterocycles. The van der Waals surface area contributed by atoms with Crippen molar-refractivity contribution < 1.29 is 0 Å². The number of hydrogen-bond acceptors (Lipinski definition) is 2. The Morgan fingerprint density at radius 2 is 1.67 bits per heavy atom. The fourth-order valence-electron chi connectivity index (χ4n) is 1.90. The second-order valence-corrected chi connectivity index (χ2v) is 4.00. The molecule has 0 aliphatic carbocycles. The van der Waals surface area contributed by atoms with E-state index in [9.17, 15) is 0 Å². The minimum atomic E-state index is 0.983. The fourth-order valence-corrected chi connectivity index (χ4v) is 2.22. The van der Waals surface area contributed by atoms with E-state index in [-0.39, 0.29) is 0 Å². The van der Waals surface area contributed by atoms with Crippen LogP contribution in [0.25, 0.3) is 21.7 Å². The van der Waals surface area contributed by atoms with Gasteiger partial charge in [0, 0.05) is 21.9 Å². The molecule has 2 aromatic carbocycles. The van der Waals surface area contributed by atoms with Crippen molar-refractivity contribution in [3.63, 3.8) is 0 Å². The van der Waals surface area contributed by atoms with Crippen molar-refractivity contribution >= 4 is 34.3 Å². The highest BCUT2D eigenvalue weighted by atomic mass is 32.1. The summed E-state index contributed by atoms with van der Waals surface area (Å²) in [6.45, 7) is 0. The molecule has 0 atom stereocenters. The summed E-state index contributed by atoms with van der Waals surface area (Å²) in [5, 5.41) is 3.49. The van der Waals surface area contributed by atoms with Crippen molar-refractivity contribution in [2.24, 2.45) is 0 Å². The van der Waals surface area contributed by atoms with Gasteiger partial charge >= 0.3 is 0 Å². The molecule has 1 nitrogen and oxygen atoms in total. The summed E-state index contributed by atoms with van der Waals surface area (Å²) in [5.41, 5.74) is 1.03. The third-order valence-corrected chi connectivity index (χ3v) is 2.97. The minimum Gasteiger partial charge on any atom is -0.256 e. The van der Waals surface area contributed by atoms with Crippen LogP contribution in [0.5, 0.6) is 0 Å². The van der Waals surface area contributed by atoms with Crippen LogP contribution in [0.4, 0.5) is 0 Å². The molecule has 1 heterocycles. The van der Waals surface area contributed by atoms with Crippen molar-refractivity contribution in [2.75, 3.05) is 0 Å². The Hall–Kier alpha value is -1.54. The zero-order chi connectivity index (χ0) is 10.3. The van der Waals surface area contributed by atoms with Crippen LogP contribution in [-0.2, 0) is 0 Å². The Kier molecular flexibility index (Phi) is 1.89. The predicted octanol–water partition coefficient (Wildman–Crippen LogP) is 3.68. The van der Waals surface area contributed by atoms with Gasteiger partial charge in [-0.15, -0.1) is 12.6 Å². The lowest BCUT2D eigenvalue weighted by atomic mass is 10.1. The summed E-state index contributed by atoms with van der Waals surface area (Å²) < 4.78 is 0. The maximum absolute atomic E-state index is 4.49. The lowest BCUT2D eigenvalue weighted by Crippen LogP contribution is -1.82. The Morgan fingerprint density at radius 3 is 2.60 bits per heavy atom. The first-order valence-electron chi connectivity index (χ1n) is 4.82. The number of fused-ring (bicyclic) bond motifs is 3. The molecule has 0 saturated carbocycles. The van der Waals surface area contributed by atoms with Gasteiger partial charge in [-0.3, -0.25) is 4.98 Å². The van der Waals surface area contributed by atoms with Gasteiger partial charge in [-0.25, -0.2) is 0 Å². The molecule has 0 unspecified atom stereocenters. The summed E-state index contributed by atoms with van der Waals surface area (Å²) in [7, 11) is 0. The van der Waals surface area contributed by atoms with Gasteiger partial charge in [-0.2, -0.15) is 0 Å². The molecule has 0 spiro atoms. The average Bonchev–Trinajstić information content (AvgIpc) is 2.29. The highest BCUT2D eigenvalue weighted by Gasteiger charge is 2.03. The SMILES string of the molecule is Sc1cccc2ccc3cccnc3c12. The quantitative estimate of drug-likeness (QED) is 0.442. The Bertz CT molecular complexity index is 646. The van der Waals surface area contributed by atoms with Crippen LogP contribution in [0, 0.1) is 0 Å². The van der Waals surface area contributed by atoms with Gasteiger partial charge in [0.2, 0.25) is 0 Å². The van der Waals surface area contributed by atoms with Crippen molar-refractivity contribution in [1.29, 1.82) is 0 Å². The second-order valence-electron chi connectivity index (χ2n) is 3.52. The van der Waals surface area contributed by atoms with Crippen molar-refractivity contribution in [3.05, 3.63) is 48.7 Å². The third-order valence-electron chi connectivity index (χ3n) is 2.59. The van der Waals surface area contributed by atoms with Gasteiger partial charge in [0.1, 0.15) is 0 Å². The topological polar surface area (TPSA) is 12.9 Å². The summed E-state index contributed by atoms with van der Waals surface area (Å²) in [5.74, 6) is 0. The monoisotopic (exact) mass is 211 g/mol. The molecule has 1 aromatic heterocycles. The smallest absolute Gasteiger partial charge is 0.0791 e. The van der Waals surface area contributed by atoms with E-state index in [1.54, 1.807) is 0 Å². The van der Waals surface area contributed by atoms with Crippen LogP contribution in [-0.4, -0.2) is 4.98 Å². The number of rotatable bonds is 0. The predicted molar refractivity (Wildman–Crippen MR) is 66.5 cm³/mol. The number of thiol groups is 1. The molecule has 3 aromatic rings. The first-order chi connectivity index (χ1) is 7.36. The van der Waals surface area contributed by atoms with Gasteiger partial charge in [0.05, 0.1) is 5.52 Å². The van der Waals surface area contributed by atoms with Gasteiger partial charge in [-0.05, 0) is 17.5 Å². The van der Waals surface area contributed by atoms with Crippen LogP contribution < -0.4 is 0 Å². The van der Waals surface area contributed by atoms with Crippen LogP contribution in [0.1, 0.15) is 0 Å². The van der Waals surface area contributed by atoms with E-state index >= 15 is 0 Å². The van der Waals surface area contributed by atoms with E-state index < -0.39 is 0 Å². The van der Waals surface area contributed by atoms with Crippen molar-refractivity contribution in [1.82, 2.24) is 4.98 Å². The molecule has 0 bridgehead atoms. The summed E-state index contributed by atoms with van der Waals surface area (Å²) in [6.07, 6.45) is 1.82. The molecule has 0 aliphatic rings.